The number of amides is 3. The smallest absolute Gasteiger partial charge is 0.314 e. The summed E-state index contributed by atoms with van der Waals surface area (Å²) >= 11 is 3.24. The highest BCUT2D eigenvalue weighted by molar-refractivity contribution is 9.10. The van der Waals surface area contributed by atoms with Crippen LogP contribution in [0.3, 0.4) is 0 Å². The number of hydrogen-bond acceptors (Lipinski definition) is 3. The number of urea groups is 1. The molecule has 1 aliphatic heterocycles. The summed E-state index contributed by atoms with van der Waals surface area (Å²) < 4.78 is 6.05. The van der Waals surface area contributed by atoms with E-state index in [-0.39, 0.29) is 11.8 Å². The normalized spacial score (nSPS) is 16.2. The summed E-state index contributed by atoms with van der Waals surface area (Å²) in [5.41, 5.74) is 5.23. The van der Waals surface area contributed by atoms with Gasteiger partial charge in [-0.15, -0.1) is 0 Å². The number of piperidine rings is 1. The van der Waals surface area contributed by atoms with E-state index in [1.807, 2.05) is 6.07 Å². The Balaban J connectivity index is 1.86. The number of nitrogens with two attached hydrogens (primary N) is 1. The molecule has 0 unspecified atom stereocenters. The Morgan fingerprint density at radius 1 is 1.45 bits per heavy atom. The lowest BCUT2D eigenvalue weighted by atomic mass is 9.95. The van der Waals surface area contributed by atoms with Crippen LogP contribution in [0.5, 0.6) is 0 Å². The van der Waals surface area contributed by atoms with E-state index in [1.165, 1.54) is 0 Å². The molecule has 7 heteroatoms. The van der Waals surface area contributed by atoms with E-state index in [1.54, 1.807) is 22.9 Å². The van der Waals surface area contributed by atoms with E-state index >= 15 is 0 Å². The van der Waals surface area contributed by atoms with Gasteiger partial charge in [-0.1, -0.05) is 0 Å². The lowest BCUT2D eigenvalue weighted by Gasteiger charge is -2.32. The van der Waals surface area contributed by atoms with E-state index in [0.717, 1.165) is 5.76 Å². The molecular formula is C13H18BrN3O3. The zero-order valence-electron chi connectivity index (χ0n) is 11.3. The van der Waals surface area contributed by atoms with E-state index < -0.39 is 6.03 Å². The molecule has 0 saturated carbocycles. The van der Waals surface area contributed by atoms with Gasteiger partial charge in [0, 0.05) is 26.1 Å². The topological polar surface area (TPSA) is 79.8 Å². The van der Waals surface area contributed by atoms with Crippen molar-refractivity contribution in [3.8, 4) is 0 Å². The Bertz CT molecular complexity index is 495. The molecule has 0 atom stereocenters. The Morgan fingerprint density at radius 2 is 2.10 bits per heavy atom. The SMILES string of the molecule is CN(Cc1ccc(Br)o1)C(=O)C1CCN(C(N)=O)CC1. The highest BCUT2D eigenvalue weighted by Gasteiger charge is 2.28. The minimum absolute atomic E-state index is 0.0472. The predicted octanol–water partition coefficient (Wildman–Crippen LogP) is 1.79. The zero-order valence-corrected chi connectivity index (χ0v) is 12.9. The molecule has 1 aliphatic rings. The fourth-order valence-corrected chi connectivity index (χ4v) is 2.75. The van der Waals surface area contributed by atoms with E-state index in [4.69, 9.17) is 10.2 Å². The van der Waals surface area contributed by atoms with Crippen molar-refractivity contribution in [2.75, 3.05) is 20.1 Å². The highest BCUT2D eigenvalue weighted by Crippen LogP contribution is 2.21. The van der Waals surface area contributed by atoms with Crippen LogP contribution < -0.4 is 5.73 Å². The number of rotatable bonds is 3. The van der Waals surface area contributed by atoms with Crippen LogP contribution in [0.2, 0.25) is 0 Å². The van der Waals surface area contributed by atoms with Crippen molar-refractivity contribution in [3.05, 3.63) is 22.6 Å². The number of furan rings is 1. The third kappa shape index (κ3) is 3.53. The van der Waals surface area contributed by atoms with Crippen molar-refractivity contribution in [1.29, 1.82) is 0 Å². The van der Waals surface area contributed by atoms with Gasteiger partial charge < -0.3 is 20.0 Å². The summed E-state index contributed by atoms with van der Waals surface area (Å²) in [7, 11) is 1.76. The number of halogens is 1. The van der Waals surface area contributed by atoms with E-state index in [9.17, 15) is 9.59 Å². The van der Waals surface area contributed by atoms with Gasteiger partial charge in [0.25, 0.3) is 0 Å². The van der Waals surface area contributed by atoms with Gasteiger partial charge in [0.15, 0.2) is 4.67 Å². The molecular weight excluding hydrogens is 326 g/mol. The third-order valence-corrected chi connectivity index (χ3v) is 3.98. The largest absolute Gasteiger partial charge is 0.452 e. The monoisotopic (exact) mass is 343 g/mol. The zero-order chi connectivity index (χ0) is 14.7. The molecule has 1 aromatic rings. The van der Waals surface area contributed by atoms with Crippen molar-refractivity contribution < 1.29 is 14.0 Å². The molecule has 0 radical (unpaired) electrons. The van der Waals surface area contributed by atoms with Crippen LogP contribution in [0.15, 0.2) is 21.2 Å². The average molecular weight is 344 g/mol. The molecule has 2 rings (SSSR count). The fraction of sp³-hybridized carbons (Fsp3) is 0.538. The highest BCUT2D eigenvalue weighted by atomic mass is 79.9. The molecule has 1 aromatic heterocycles. The van der Waals surface area contributed by atoms with Crippen molar-refractivity contribution in [1.82, 2.24) is 9.80 Å². The first-order valence-corrected chi connectivity index (χ1v) is 7.30. The number of hydrogen-bond donors (Lipinski definition) is 1. The van der Waals surface area contributed by atoms with Gasteiger partial charge in [0.1, 0.15) is 5.76 Å². The van der Waals surface area contributed by atoms with Crippen molar-refractivity contribution in [2.45, 2.75) is 19.4 Å². The van der Waals surface area contributed by atoms with Crippen molar-refractivity contribution >= 4 is 27.9 Å². The van der Waals surface area contributed by atoms with Gasteiger partial charge in [0.2, 0.25) is 5.91 Å². The maximum absolute atomic E-state index is 12.3. The maximum Gasteiger partial charge on any atom is 0.314 e. The molecule has 0 aliphatic carbocycles. The molecule has 0 spiro atoms. The quantitative estimate of drug-likeness (QED) is 0.908. The molecule has 2 heterocycles. The van der Waals surface area contributed by atoms with Crippen LogP contribution in [0.25, 0.3) is 0 Å². The van der Waals surface area contributed by atoms with Crippen LogP contribution in [0.4, 0.5) is 4.79 Å². The lowest BCUT2D eigenvalue weighted by molar-refractivity contribution is -0.136. The average Bonchev–Trinajstić information content (AvgIpc) is 2.83. The summed E-state index contributed by atoms with van der Waals surface area (Å²) in [6.45, 7) is 1.54. The number of carbonyl (C=O) groups is 2. The molecule has 1 saturated heterocycles. The lowest BCUT2D eigenvalue weighted by Crippen LogP contribution is -2.45. The van der Waals surface area contributed by atoms with Crippen molar-refractivity contribution in [3.63, 3.8) is 0 Å². The van der Waals surface area contributed by atoms with Gasteiger partial charge in [-0.2, -0.15) is 0 Å². The van der Waals surface area contributed by atoms with Crippen LogP contribution in [0, 0.1) is 5.92 Å². The second-order valence-corrected chi connectivity index (χ2v) is 5.78. The molecule has 110 valence electrons. The molecule has 0 bridgehead atoms. The number of carbonyl (C=O) groups excluding carboxylic acids is 2. The molecule has 1 fully saturated rings. The Kier molecular flexibility index (Phi) is 4.69. The standard InChI is InChI=1S/C13H18BrN3O3/c1-16(8-10-2-3-11(14)20-10)12(18)9-4-6-17(7-5-9)13(15)19/h2-3,9H,4-8H2,1H3,(H2,15,19). The first kappa shape index (κ1) is 14.9. The molecule has 3 amide bonds. The predicted molar refractivity (Wildman–Crippen MR) is 76.8 cm³/mol. The second-order valence-electron chi connectivity index (χ2n) is 5.00. The first-order valence-electron chi connectivity index (χ1n) is 6.51. The first-order chi connectivity index (χ1) is 9.47. The summed E-state index contributed by atoms with van der Waals surface area (Å²) in [5.74, 6) is 0.776. The van der Waals surface area contributed by atoms with Gasteiger partial charge in [-0.3, -0.25) is 4.79 Å². The van der Waals surface area contributed by atoms with Gasteiger partial charge in [0.05, 0.1) is 6.54 Å². The second kappa shape index (κ2) is 6.30. The molecule has 6 nitrogen and oxygen atoms in total. The summed E-state index contributed by atoms with van der Waals surface area (Å²) in [6, 6.07) is 3.23. The van der Waals surface area contributed by atoms with Gasteiger partial charge >= 0.3 is 6.03 Å². The Hall–Kier alpha value is -1.50. The van der Waals surface area contributed by atoms with Gasteiger partial charge in [-0.25, -0.2) is 4.79 Å². The summed E-state index contributed by atoms with van der Waals surface area (Å²) in [6.07, 6.45) is 1.32. The maximum atomic E-state index is 12.3. The van der Waals surface area contributed by atoms with Crippen LogP contribution in [-0.4, -0.2) is 41.9 Å². The Morgan fingerprint density at radius 3 is 2.60 bits per heavy atom. The summed E-state index contributed by atoms with van der Waals surface area (Å²) in [5, 5.41) is 0. The summed E-state index contributed by atoms with van der Waals surface area (Å²) in [4.78, 5) is 26.6. The Labute approximate surface area is 126 Å². The van der Waals surface area contributed by atoms with Crippen LogP contribution >= 0.6 is 15.9 Å². The van der Waals surface area contributed by atoms with Crippen LogP contribution in [-0.2, 0) is 11.3 Å². The fourth-order valence-electron chi connectivity index (χ4n) is 2.41. The van der Waals surface area contributed by atoms with E-state index in [2.05, 4.69) is 15.9 Å². The number of likely N-dealkylation sites (tertiary alicyclic amines) is 1. The molecule has 2 N–H and O–H groups in total. The van der Waals surface area contributed by atoms with Gasteiger partial charge in [-0.05, 0) is 40.9 Å². The minimum atomic E-state index is -0.412. The van der Waals surface area contributed by atoms with Crippen LogP contribution in [0.1, 0.15) is 18.6 Å². The minimum Gasteiger partial charge on any atom is -0.452 e. The number of primary amides is 1. The van der Waals surface area contributed by atoms with Crippen molar-refractivity contribution in [2.24, 2.45) is 11.7 Å². The van der Waals surface area contributed by atoms with E-state index in [0.29, 0.717) is 37.1 Å². The third-order valence-electron chi connectivity index (χ3n) is 3.55. The number of nitrogens with zero attached hydrogens (tertiary/aromatic N) is 2. The molecule has 20 heavy (non-hydrogen) atoms. The molecule has 0 aromatic carbocycles.